The van der Waals surface area contributed by atoms with Crippen molar-refractivity contribution in [3.05, 3.63) is 170 Å². The van der Waals surface area contributed by atoms with Gasteiger partial charge in [-0.25, -0.2) is 4.98 Å². The lowest BCUT2D eigenvalue weighted by Crippen LogP contribution is -2.07. The summed E-state index contributed by atoms with van der Waals surface area (Å²) in [6.07, 6.45) is 0. The van der Waals surface area contributed by atoms with Gasteiger partial charge in [-0.15, -0.1) is 11.3 Å². The number of hydrogen-bond donors (Lipinski definition) is 0. The minimum absolute atomic E-state index is 0.586. The highest BCUT2D eigenvalue weighted by atomic mass is 32.1. The molecule has 0 saturated heterocycles. The van der Waals surface area contributed by atoms with Crippen molar-refractivity contribution < 1.29 is 0 Å². The molecule has 242 valence electrons. The van der Waals surface area contributed by atoms with Gasteiger partial charge < -0.3 is 0 Å². The van der Waals surface area contributed by atoms with E-state index in [4.69, 9.17) is 15.0 Å². The first-order valence-electron chi connectivity index (χ1n) is 17.5. The summed E-state index contributed by atoms with van der Waals surface area (Å²) in [5, 5.41) is 9.69. The highest BCUT2D eigenvalue weighted by molar-refractivity contribution is 7.25. The average molecular weight is 681 g/mol. The first kappa shape index (κ1) is 29.1. The summed E-state index contributed by atoms with van der Waals surface area (Å²) < 4.78 is 4.89. The van der Waals surface area contributed by atoms with Gasteiger partial charge in [0, 0.05) is 53.0 Å². The largest absolute Gasteiger partial charge is 0.277 e. The van der Waals surface area contributed by atoms with Gasteiger partial charge in [0.1, 0.15) is 0 Å². The van der Waals surface area contributed by atoms with Gasteiger partial charge in [0.2, 0.25) is 5.95 Å². The molecule has 0 spiro atoms. The first-order valence-corrected chi connectivity index (χ1v) is 18.3. The molecule has 0 aliphatic carbocycles. The molecule has 0 fully saturated rings. The molecule has 0 radical (unpaired) electrons. The average Bonchev–Trinajstić information content (AvgIpc) is 3.78. The summed E-state index contributed by atoms with van der Waals surface area (Å²) in [5.41, 5.74) is 6.32. The molecule has 0 aliphatic heterocycles. The molecule has 11 rings (SSSR count). The topological polar surface area (TPSA) is 43.6 Å². The van der Waals surface area contributed by atoms with Gasteiger partial charge in [-0.05, 0) is 39.9 Å². The Labute approximate surface area is 302 Å². The summed E-state index contributed by atoms with van der Waals surface area (Å²) in [6, 6.07) is 60.2. The van der Waals surface area contributed by atoms with Crippen LogP contribution in [0.5, 0.6) is 0 Å². The maximum absolute atomic E-state index is 5.32. The van der Waals surface area contributed by atoms with Crippen molar-refractivity contribution in [2.24, 2.45) is 0 Å². The van der Waals surface area contributed by atoms with Crippen LogP contribution < -0.4 is 0 Å². The van der Waals surface area contributed by atoms with Crippen molar-refractivity contribution in [1.82, 2.24) is 19.5 Å². The second-order valence-electron chi connectivity index (χ2n) is 13.2. The van der Waals surface area contributed by atoms with Crippen LogP contribution in [0.2, 0.25) is 0 Å². The number of hydrogen-bond acceptors (Lipinski definition) is 4. The Morgan fingerprint density at radius 1 is 0.365 bits per heavy atom. The molecular weight excluding hydrogens is 653 g/mol. The molecule has 3 aromatic heterocycles. The first-order chi connectivity index (χ1) is 25.8. The number of para-hydroxylation sites is 1. The highest BCUT2D eigenvalue weighted by Crippen LogP contribution is 2.45. The van der Waals surface area contributed by atoms with E-state index in [1.807, 2.05) is 47.7 Å². The molecule has 0 amide bonds. The van der Waals surface area contributed by atoms with Crippen LogP contribution in [0.25, 0.3) is 103 Å². The monoisotopic (exact) mass is 680 g/mol. The Kier molecular flexibility index (Phi) is 6.39. The molecular formula is C47H28N4S. The highest BCUT2D eigenvalue weighted by Gasteiger charge is 2.24. The number of thiophene rings is 1. The van der Waals surface area contributed by atoms with Crippen LogP contribution in [-0.4, -0.2) is 19.5 Å². The summed E-state index contributed by atoms with van der Waals surface area (Å²) in [6.45, 7) is 0. The van der Waals surface area contributed by atoms with Gasteiger partial charge in [0.05, 0.1) is 11.0 Å². The Bertz CT molecular complexity index is 3120. The Hall–Kier alpha value is -6.69. The summed E-state index contributed by atoms with van der Waals surface area (Å²) in [4.78, 5) is 15.7. The van der Waals surface area contributed by atoms with E-state index in [-0.39, 0.29) is 0 Å². The van der Waals surface area contributed by atoms with Crippen molar-refractivity contribution in [2.45, 2.75) is 0 Å². The molecule has 0 aliphatic rings. The van der Waals surface area contributed by atoms with Crippen LogP contribution in [0.3, 0.4) is 0 Å². The summed E-state index contributed by atoms with van der Waals surface area (Å²) in [5.74, 6) is 1.85. The number of rotatable bonds is 4. The second kappa shape index (κ2) is 11.4. The number of nitrogens with zero attached hydrogens (tertiary/aromatic N) is 4. The zero-order valence-electron chi connectivity index (χ0n) is 27.9. The van der Waals surface area contributed by atoms with Crippen molar-refractivity contribution in [3.8, 4) is 39.9 Å². The van der Waals surface area contributed by atoms with E-state index in [0.717, 1.165) is 44.1 Å². The third-order valence-corrected chi connectivity index (χ3v) is 11.4. The van der Waals surface area contributed by atoms with Crippen LogP contribution in [0.4, 0.5) is 0 Å². The van der Waals surface area contributed by atoms with E-state index >= 15 is 0 Å². The van der Waals surface area contributed by atoms with Crippen molar-refractivity contribution in [3.63, 3.8) is 0 Å². The molecule has 0 bridgehead atoms. The minimum atomic E-state index is 0.586. The summed E-state index contributed by atoms with van der Waals surface area (Å²) >= 11 is 1.84. The zero-order chi connectivity index (χ0) is 34.2. The molecule has 4 nitrogen and oxygen atoms in total. The van der Waals surface area contributed by atoms with Crippen LogP contribution >= 0.6 is 11.3 Å². The lowest BCUT2D eigenvalue weighted by Gasteiger charge is -2.14. The van der Waals surface area contributed by atoms with Crippen LogP contribution in [0.15, 0.2) is 170 Å². The standard InChI is InChI=1S/C47H28N4S/c1-3-14-29(15-4-1)45-48-46(30-16-5-2-6-17-30)50-47(49-45)51-43-32(31-26-27-41-39(28-31)35-20-11-12-25-40(35)52-41)23-13-24-38(43)42-36-21-9-7-18-33(36)34-19-8-10-22-37(34)44(42)51/h1-28H. The van der Waals surface area contributed by atoms with E-state index in [1.165, 1.54) is 41.7 Å². The quantitative estimate of drug-likeness (QED) is 0.174. The van der Waals surface area contributed by atoms with Crippen molar-refractivity contribution in [1.29, 1.82) is 0 Å². The number of aromatic nitrogens is 4. The van der Waals surface area contributed by atoms with Crippen LogP contribution in [0, 0.1) is 0 Å². The zero-order valence-corrected chi connectivity index (χ0v) is 28.7. The lowest BCUT2D eigenvalue weighted by molar-refractivity contribution is 0.955. The van der Waals surface area contributed by atoms with Gasteiger partial charge in [-0.2, -0.15) is 9.97 Å². The summed E-state index contributed by atoms with van der Waals surface area (Å²) in [7, 11) is 0. The molecule has 0 saturated carbocycles. The van der Waals surface area contributed by atoms with E-state index in [0.29, 0.717) is 17.6 Å². The normalized spacial score (nSPS) is 11.8. The molecule has 11 aromatic rings. The maximum Gasteiger partial charge on any atom is 0.238 e. The molecule has 0 N–H and O–H groups in total. The molecule has 0 atom stereocenters. The van der Waals surface area contributed by atoms with Crippen LogP contribution in [0.1, 0.15) is 0 Å². The van der Waals surface area contributed by atoms with Gasteiger partial charge in [0.15, 0.2) is 11.6 Å². The fourth-order valence-corrected chi connectivity index (χ4v) is 9.04. The van der Waals surface area contributed by atoms with Gasteiger partial charge in [0.25, 0.3) is 0 Å². The lowest BCUT2D eigenvalue weighted by atomic mass is 9.95. The fourth-order valence-electron chi connectivity index (χ4n) is 7.95. The van der Waals surface area contributed by atoms with Gasteiger partial charge >= 0.3 is 0 Å². The van der Waals surface area contributed by atoms with Gasteiger partial charge in [-0.1, -0.05) is 152 Å². The van der Waals surface area contributed by atoms with Crippen molar-refractivity contribution >= 4 is 74.9 Å². The Balaban J connectivity index is 1.33. The van der Waals surface area contributed by atoms with E-state index in [2.05, 4.69) is 138 Å². The van der Waals surface area contributed by atoms with Crippen molar-refractivity contribution in [2.75, 3.05) is 0 Å². The third-order valence-electron chi connectivity index (χ3n) is 10.2. The predicted octanol–water partition coefficient (Wildman–Crippen LogP) is 12.6. The fraction of sp³-hybridized carbons (Fsp3) is 0. The third kappa shape index (κ3) is 4.36. The predicted molar refractivity (Wildman–Crippen MR) is 218 cm³/mol. The molecule has 5 heteroatoms. The SMILES string of the molecule is c1ccc(-c2nc(-c3ccccc3)nc(-n3c4c(-c5ccc6sc7ccccc7c6c5)cccc4c4c5ccccc5c5ccccc5c43)n2)cc1. The van der Waals surface area contributed by atoms with E-state index in [1.54, 1.807) is 0 Å². The Morgan fingerprint density at radius 2 is 0.923 bits per heavy atom. The van der Waals surface area contributed by atoms with E-state index < -0.39 is 0 Å². The smallest absolute Gasteiger partial charge is 0.238 e. The number of benzene rings is 8. The molecule has 52 heavy (non-hydrogen) atoms. The molecule has 8 aromatic carbocycles. The van der Waals surface area contributed by atoms with Crippen LogP contribution in [-0.2, 0) is 0 Å². The minimum Gasteiger partial charge on any atom is -0.277 e. The molecule has 0 unspecified atom stereocenters. The van der Waals surface area contributed by atoms with E-state index in [9.17, 15) is 0 Å². The Morgan fingerprint density at radius 3 is 1.63 bits per heavy atom. The van der Waals surface area contributed by atoms with Gasteiger partial charge in [-0.3, -0.25) is 4.57 Å². The number of fused-ring (bicyclic) bond motifs is 11. The molecule has 3 heterocycles. The second-order valence-corrected chi connectivity index (χ2v) is 14.3. The maximum atomic E-state index is 5.32.